The summed E-state index contributed by atoms with van der Waals surface area (Å²) in [5.74, 6) is 0.136. The van der Waals surface area contributed by atoms with Crippen LogP contribution < -0.4 is 10.6 Å². The number of nitrogens with zero attached hydrogens (tertiary/aromatic N) is 6. The van der Waals surface area contributed by atoms with Crippen LogP contribution in [-0.2, 0) is 6.54 Å². The van der Waals surface area contributed by atoms with Crippen LogP contribution in [0.2, 0.25) is 0 Å². The Labute approximate surface area is 180 Å². The molecule has 0 aliphatic rings. The monoisotopic (exact) mass is 414 g/mol. The lowest BCUT2D eigenvalue weighted by molar-refractivity contribution is 0.0944. The van der Waals surface area contributed by atoms with E-state index >= 15 is 0 Å². The third-order valence-corrected chi connectivity index (χ3v) is 4.60. The number of carbonyl (C=O) groups is 1. The number of nitrogens with one attached hydrogen (secondary N) is 2. The minimum Gasteiger partial charge on any atom is -0.336 e. The Morgan fingerprint density at radius 2 is 2.00 bits per heavy atom. The van der Waals surface area contributed by atoms with Crippen LogP contribution in [-0.4, -0.2) is 31.7 Å². The Bertz CT molecular complexity index is 1140. The smallest absolute Gasteiger partial charge is 0.252 e. The molecule has 9 nitrogen and oxygen atoms in total. The molecule has 2 aromatic heterocycles. The zero-order chi connectivity index (χ0) is 22.2. The van der Waals surface area contributed by atoms with E-state index in [9.17, 15) is 4.79 Å². The molecule has 3 rings (SSSR count). The SMILES string of the molecule is CCC(C#N)NC(=O)c1ccc(-c2nc(Nc3cnn(CCC#N)c3)ncc2C)cc1. The number of anilines is 2. The highest BCUT2D eigenvalue weighted by Crippen LogP contribution is 2.23. The first-order chi connectivity index (χ1) is 15.0. The van der Waals surface area contributed by atoms with Gasteiger partial charge in [-0.05, 0) is 31.0 Å². The molecule has 3 aromatic rings. The van der Waals surface area contributed by atoms with Crippen molar-refractivity contribution >= 4 is 17.5 Å². The van der Waals surface area contributed by atoms with Crippen LogP contribution in [0.1, 0.15) is 35.7 Å². The quantitative estimate of drug-likeness (QED) is 0.577. The van der Waals surface area contributed by atoms with Gasteiger partial charge in [-0.15, -0.1) is 0 Å². The minimum absolute atomic E-state index is 0.282. The van der Waals surface area contributed by atoms with Gasteiger partial charge in [0.1, 0.15) is 6.04 Å². The standard InChI is InChI=1S/C22H22N8O/c1-3-18(11-24)27-21(31)17-7-5-16(6-8-17)20-15(2)12-25-22(29-20)28-19-13-26-30(14-19)10-4-9-23/h5-8,12-14,18H,3-4,10H2,1-2H3,(H,27,31)(H,25,28,29). The van der Waals surface area contributed by atoms with E-state index < -0.39 is 6.04 Å². The van der Waals surface area contributed by atoms with Crippen LogP contribution in [0.15, 0.2) is 42.9 Å². The number of benzene rings is 1. The molecule has 0 saturated heterocycles. The summed E-state index contributed by atoms with van der Waals surface area (Å²) in [6, 6.07) is 10.7. The maximum absolute atomic E-state index is 12.3. The highest BCUT2D eigenvalue weighted by molar-refractivity contribution is 5.95. The molecule has 0 saturated carbocycles. The van der Waals surface area contributed by atoms with Crippen LogP contribution in [0, 0.1) is 29.6 Å². The van der Waals surface area contributed by atoms with Crippen molar-refractivity contribution in [3.63, 3.8) is 0 Å². The summed E-state index contributed by atoms with van der Waals surface area (Å²) in [7, 11) is 0. The number of aryl methyl sites for hydroxylation is 2. The fourth-order valence-corrected chi connectivity index (χ4v) is 2.89. The van der Waals surface area contributed by atoms with Crippen molar-refractivity contribution in [3.8, 4) is 23.4 Å². The van der Waals surface area contributed by atoms with Gasteiger partial charge in [-0.25, -0.2) is 9.97 Å². The van der Waals surface area contributed by atoms with Gasteiger partial charge < -0.3 is 10.6 Å². The molecule has 2 N–H and O–H groups in total. The molecule has 31 heavy (non-hydrogen) atoms. The minimum atomic E-state index is -0.505. The largest absolute Gasteiger partial charge is 0.336 e. The van der Waals surface area contributed by atoms with Crippen LogP contribution >= 0.6 is 0 Å². The molecule has 156 valence electrons. The number of hydrogen-bond donors (Lipinski definition) is 2. The molecule has 1 atom stereocenters. The summed E-state index contributed by atoms with van der Waals surface area (Å²) in [6.45, 7) is 4.28. The van der Waals surface area contributed by atoms with Crippen molar-refractivity contribution in [2.75, 3.05) is 5.32 Å². The van der Waals surface area contributed by atoms with Crippen molar-refractivity contribution in [1.29, 1.82) is 10.5 Å². The second-order valence-corrected chi connectivity index (χ2v) is 6.89. The zero-order valence-corrected chi connectivity index (χ0v) is 17.3. The highest BCUT2D eigenvalue weighted by atomic mass is 16.1. The van der Waals surface area contributed by atoms with E-state index in [0.717, 1.165) is 22.5 Å². The van der Waals surface area contributed by atoms with E-state index in [1.807, 2.05) is 26.0 Å². The number of nitriles is 2. The lowest BCUT2D eigenvalue weighted by atomic mass is 10.1. The third kappa shape index (κ3) is 5.43. The molecule has 0 aliphatic heterocycles. The number of carbonyl (C=O) groups excluding carboxylic acids is 1. The fraction of sp³-hybridized carbons (Fsp3) is 0.273. The van der Waals surface area contributed by atoms with Crippen molar-refractivity contribution in [1.82, 2.24) is 25.1 Å². The van der Waals surface area contributed by atoms with E-state index in [4.69, 9.17) is 10.5 Å². The predicted molar refractivity (Wildman–Crippen MR) is 115 cm³/mol. The Balaban J connectivity index is 1.75. The van der Waals surface area contributed by atoms with E-state index in [0.29, 0.717) is 30.9 Å². The van der Waals surface area contributed by atoms with Gasteiger partial charge >= 0.3 is 0 Å². The second-order valence-electron chi connectivity index (χ2n) is 6.89. The van der Waals surface area contributed by atoms with Gasteiger partial charge in [0, 0.05) is 23.5 Å². The highest BCUT2D eigenvalue weighted by Gasteiger charge is 2.13. The molecule has 0 fully saturated rings. The van der Waals surface area contributed by atoms with Crippen LogP contribution in [0.4, 0.5) is 11.6 Å². The molecule has 1 amide bonds. The maximum Gasteiger partial charge on any atom is 0.252 e. The number of aromatic nitrogens is 4. The Morgan fingerprint density at radius 3 is 2.68 bits per heavy atom. The summed E-state index contributed by atoms with van der Waals surface area (Å²) in [5.41, 5.74) is 3.68. The molecular formula is C22H22N8O. The first kappa shape index (κ1) is 21.5. The van der Waals surface area contributed by atoms with Gasteiger partial charge in [0.05, 0.1) is 42.7 Å². The van der Waals surface area contributed by atoms with Crippen molar-refractivity contribution in [3.05, 3.63) is 54.0 Å². The van der Waals surface area contributed by atoms with Gasteiger partial charge in [-0.2, -0.15) is 15.6 Å². The molecule has 2 heterocycles. The Hall–Kier alpha value is -4.24. The zero-order valence-electron chi connectivity index (χ0n) is 17.3. The molecule has 0 radical (unpaired) electrons. The molecular weight excluding hydrogens is 392 g/mol. The van der Waals surface area contributed by atoms with Gasteiger partial charge in [0.15, 0.2) is 0 Å². The topological polar surface area (TPSA) is 132 Å². The first-order valence-electron chi connectivity index (χ1n) is 9.85. The summed E-state index contributed by atoms with van der Waals surface area (Å²) < 4.78 is 1.68. The average Bonchev–Trinajstić information content (AvgIpc) is 3.24. The molecule has 1 unspecified atom stereocenters. The summed E-state index contributed by atoms with van der Waals surface area (Å²) >= 11 is 0. The van der Waals surface area contributed by atoms with Crippen LogP contribution in [0.5, 0.6) is 0 Å². The maximum atomic E-state index is 12.3. The van der Waals surface area contributed by atoms with Crippen LogP contribution in [0.3, 0.4) is 0 Å². The first-order valence-corrected chi connectivity index (χ1v) is 9.85. The lowest BCUT2D eigenvalue weighted by Gasteiger charge is -2.11. The number of rotatable bonds is 8. The summed E-state index contributed by atoms with van der Waals surface area (Å²) in [6.07, 6.45) is 6.10. The van der Waals surface area contributed by atoms with E-state index in [1.54, 1.807) is 35.4 Å². The average molecular weight is 414 g/mol. The normalized spacial score (nSPS) is 11.2. The van der Waals surface area contributed by atoms with E-state index in [-0.39, 0.29) is 5.91 Å². The van der Waals surface area contributed by atoms with E-state index in [2.05, 4.69) is 37.8 Å². The summed E-state index contributed by atoms with van der Waals surface area (Å²) in [5, 5.41) is 27.7. The summed E-state index contributed by atoms with van der Waals surface area (Å²) in [4.78, 5) is 21.2. The van der Waals surface area contributed by atoms with E-state index in [1.165, 1.54) is 0 Å². The number of hydrogen-bond acceptors (Lipinski definition) is 7. The fourth-order valence-electron chi connectivity index (χ4n) is 2.89. The van der Waals surface area contributed by atoms with Crippen LogP contribution in [0.25, 0.3) is 11.3 Å². The van der Waals surface area contributed by atoms with Gasteiger partial charge in [0.2, 0.25) is 5.95 Å². The Kier molecular flexibility index (Phi) is 6.92. The van der Waals surface area contributed by atoms with Crippen molar-refractivity contribution in [2.45, 2.75) is 39.3 Å². The van der Waals surface area contributed by atoms with Crippen molar-refractivity contribution < 1.29 is 4.79 Å². The predicted octanol–water partition coefficient (Wildman–Crippen LogP) is 3.34. The van der Waals surface area contributed by atoms with Gasteiger partial charge in [-0.1, -0.05) is 19.1 Å². The molecule has 0 spiro atoms. The van der Waals surface area contributed by atoms with Gasteiger partial charge in [0.25, 0.3) is 5.91 Å². The third-order valence-electron chi connectivity index (χ3n) is 4.60. The Morgan fingerprint density at radius 1 is 1.23 bits per heavy atom. The second kappa shape index (κ2) is 9.99. The van der Waals surface area contributed by atoms with Gasteiger partial charge in [-0.3, -0.25) is 9.48 Å². The lowest BCUT2D eigenvalue weighted by Crippen LogP contribution is -2.33. The molecule has 1 aromatic carbocycles. The molecule has 9 heteroatoms. The number of amides is 1. The molecule has 0 bridgehead atoms. The van der Waals surface area contributed by atoms with Crippen molar-refractivity contribution in [2.24, 2.45) is 0 Å². The molecule has 0 aliphatic carbocycles.